The van der Waals surface area contributed by atoms with Crippen molar-refractivity contribution in [2.45, 2.75) is 38.1 Å². The van der Waals surface area contributed by atoms with Crippen LogP contribution in [0.3, 0.4) is 0 Å². The summed E-state index contributed by atoms with van der Waals surface area (Å²) < 4.78 is 5.50. The molecule has 0 saturated carbocycles. The van der Waals surface area contributed by atoms with Crippen LogP contribution in [0, 0.1) is 0 Å². The van der Waals surface area contributed by atoms with E-state index in [1.165, 1.54) is 5.56 Å². The van der Waals surface area contributed by atoms with Crippen molar-refractivity contribution >= 4 is 12.1 Å². The summed E-state index contributed by atoms with van der Waals surface area (Å²) in [6.45, 7) is 4.36. The SMILES string of the molecule is CC(C)c1ccc(CC(NC(=O)OCC2c3ccccc3-c3ccccc32)C(=O)O)cc1. The molecule has 0 fully saturated rings. The van der Waals surface area contributed by atoms with Crippen molar-refractivity contribution < 1.29 is 19.4 Å². The molecule has 5 heteroatoms. The van der Waals surface area contributed by atoms with Gasteiger partial charge < -0.3 is 15.2 Å². The number of aliphatic carboxylic acids is 1. The number of hydrogen-bond acceptors (Lipinski definition) is 3. The quantitative estimate of drug-likeness (QED) is 0.531. The maximum atomic E-state index is 12.5. The standard InChI is InChI=1S/C27H27NO4/c1-17(2)19-13-11-18(12-14-19)15-25(26(29)30)28-27(31)32-16-24-22-9-5-3-7-20(22)21-8-4-6-10-23(21)24/h3-14,17,24-25H,15-16H2,1-2H3,(H,28,31)(H,29,30). The van der Waals surface area contributed by atoms with Gasteiger partial charge in [-0.2, -0.15) is 0 Å². The van der Waals surface area contributed by atoms with Gasteiger partial charge in [0.2, 0.25) is 0 Å². The van der Waals surface area contributed by atoms with E-state index in [2.05, 4.69) is 31.3 Å². The molecule has 0 radical (unpaired) electrons. The number of fused-ring (bicyclic) bond motifs is 3. The number of hydrogen-bond donors (Lipinski definition) is 2. The smallest absolute Gasteiger partial charge is 0.407 e. The Morgan fingerprint density at radius 3 is 2.00 bits per heavy atom. The Balaban J connectivity index is 1.41. The molecule has 1 aliphatic rings. The highest BCUT2D eigenvalue weighted by Crippen LogP contribution is 2.44. The molecule has 4 rings (SSSR count). The predicted molar refractivity (Wildman–Crippen MR) is 124 cm³/mol. The third kappa shape index (κ3) is 4.52. The maximum Gasteiger partial charge on any atom is 0.407 e. The van der Waals surface area contributed by atoms with Gasteiger partial charge in [0, 0.05) is 12.3 Å². The van der Waals surface area contributed by atoms with Crippen LogP contribution in [0.5, 0.6) is 0 Å². The van der Waals surface area contributed by atoms with E-state index in [9.17, 15) is 14.7 Å². The van der Waals surface area contributed by atoms with Crippen LogP contribution in [0.1, 0.15) is 47.9 Å². The lowest BCUT2D eigenvalue weighted by atomic mass is 9.98. The van der Waals surface area contributed by atoms with E-state index >= 15 is 0 Å². The molecule has 5 nitrogen and oxygen atoms in total. The summed E-state index contributed by atoms with van der Waals surface area (Å²) in [4.78, 5) is 24.2. The lowest BCUT2D eigenvalue weighted by Crippen LogP contribution is -2.42. The molecule has 0 heterocycles. The number of nitrogens with one attached hydrogen (secondary N) is 1. The minimum absolute atomic E-state index is 0.0694. The first-order valence-corrected chi connectivity index (χ1v) is 10.9. The van der Waals surface area contributed by atoms with E-state index < -0.39 is 18.1 Å². The van der Waals surface area contributed by atoms with Crippen LogP contribution in [-0.4, -0.2) is 29.8 Å². The Hall–Kier alpha value is -3.60. The van der Waals surface area contributed by atoms with Crippen molar-refractivity contribution in [3.8, 4) is 11.1 Å². The van der Waals surface area contributed by atoms with Gasteiger partial charge in [-0.1, -0.05) is 86.6 Å². The highest BCUT2D eigenvalue weighted by Gasteiger charge is 2.29. The zero-order valence-electron chi connectivity index (χ0n) is 18.2. The molecular formula is C27H27NO4. The fourth-order valence-corrected chi connectivity index (χ4v) is 4.26. The van der Waals surface area contributed by atoms with Crippen molar-refractivity contribution in [1.29, 1.82) is 0 Å². The zero-order valence-corrected chi connectivity index (χ0v) is 18.2. The number of rotatable bonds is 7. The van der Waals surface area contributed by atoms with Gasteiger partial charge in [-0.25, -0.2) is 9.59 Å². The molecule has 0 aliphatic heterocycles. The third-order valence-electron chi connectivity index (χ3n) is 6.02. The lowest BCUT2D eigenvalue weighted by Gasteiger charge is -2.18. The van der Waals surface area contributed by atoms with E-state index in [0.717, 1.165) is 27.8 Å². The third-order valence-corrected chi connectivity index (χ3v) is 6.02. The van der Waals surface area contributed by atoms with Crippen molar-refractivity contribution in [3.05, 3.63) is 95.1 Å². The van der Waals surface area contributed by atoms with Crippen LogP contribution >= 0.6 is 0 Å². The van der Waals surface area contributed by atoms with E-state index in [-0.39, 0.29) is 18.9 Å². The minimum Gasteiger partial charge on any atom is -0.480 e. The minimum atomic E-state index is -1.09. The van der Waals surface area contributed by atoms with Crippen LogP contribution in [0.15, 0.2) is 72.8 Å². The molecule has 164 valence electrons. The van der Waals surface area contributed by atoms with Crippen molar-refractivity contribution in [2.24, 2.45) is 0 Å². The average Bonchev–Trinajstić information content (AvgIpc) is 3.11. The van der Waals surface area contributed by atoms with Crippen LogP contribution in [-0.2, 0) is 16.0 Å². The van der Waals surface area contributed by atoms with Gasteiger partial charge in [0.05, 0.1) is 0 Å². The van der Waals surface area contributed by atoms with Gasteiger partial charge in [0.25, 0.3) is 0 Å². The van der Waals surface area contributed by atoms with Crippen molar-refractivity contribution in [3.63, 3.8) is 0 Å². The first-order chi connectivity index (χ1) is 15.4. The summed E-state index contributed by atoms with van der Waals surface area (Å²) in [5, 5.41) is 12.1. The summed E-state index contributed by atoms with van der Waals surface area (Å²) in [6, 6.07) is 22.9. The van der Waals surface area contributed by atoms with Gasteiger partial charge in [0.1, 0.15) is 12.6 Å². The Morgan fingerprint density at radius 1 is 0.906 bits per heavy atom. The lowest BCUT2D eigenvalue weighted by molar-refractivity contribution is -0.139. The van der Waals surface area contributed by atoms with Crippen LogP contribution in [0.25, 0.3) is 11.1 Å². The normalized spacial score (nSPS) is 13.3. The molecule has 1 amide bonds. The number of ether oxygens (including phenoxy) is 1. The molecule has 0 bridgehead atoms. The number of alkyl carbamates (subject to hydrolysis) is 1. The summed E-state index contributed by atoms with van der Waals surface area (Å²) in [6.07, 6.45) is -0.532. The van der Waals surface area contributed by atoms with E-state index in [4.69, 9.17) is 4.74 Å². The Morgan fingerprint density at radius 2 is 1.47 bits per heavy atom. The number of carbonyl (C=O) groups excluding carboxylic acids is 1. The molecule has 2 N–H and O–H groups in total. The number of carboxylic acids is 1. The maximum absolute atomic E-state index is 12.5. The number of amides is 1. The van der Waals surface area contributed by atoms with Crippen LogP contribution < -0.4 is 5.32 Å². The molecule has 0 saturated heterocycles. The topological polar surface area (TPSA) is 75.6 Å². The molecule has 1 unspecified atom stereocenters. The summed E-state index contributed by atoms with van der Waals surface area (Å²) in [5.74, 6) is -0.760. The van der Waals surface area contributed by atoms with Gasteiger partial charge in [-0.3, -0.25) is 0 Å². The van der Waals surface area contributed by atoms with Crippen molar-refractivity contribution in [1.82, 2.24) is 5.32 Å². The fourth-order valence-electron chi connectivity index (χ4n) is 4.26. The highest BCUT2D eigenvalue weighted by atomic mass is 16.5. The van der Waals surface area contributed by atoms with Gasteiger partial charge in [-0.05, 0) is 39.3 Å². The Labute approximate surface area is 188 Å². The van der Waals surface area contributed by atoms with Crippen LogP contribution in [0.2, 0.25) is 0 Å². The van der Waals surface area contributed by atoms with Gasteiger partial charge >= 0.3 is 12.1 Å². The molecule has 0 aromatic heterocycles. The van der Waals surface area contributed by atoms with E-state index in [1.807, 2.05) is 60.7 Å². The second kappa shape index (κ2) is 9.27. The van der Waals surface area contributed by atoms with E-state index in [1.54, 1.807) is 0 Å². The number of carbonyl (C=O) groups is 2. The fraction of sp³-hybridized carbons (Fsp3) is 0.259. The summed E-state index contributed by atoms with van der Waals surface area (Å²) >= 11 is 0. The molecule has 0 spiro atoms. The largest absolute Gasteiger partial charge is 0.480 e. The Bertz CT molecular complexity index is 1080. The monoisotopic (exact) mass is 429 g/mol. The summed E-state index contributed by atoms with van der Waals surface area (Å²) in [5.41, 5.74) is 6.55. The Kier molecular flexibility index (Phi) is 6.26. The summed E-state index contributed by atoms with van der Waals surface area (Å²) in [7, 11) is 0. The van der Waals surface area contributed by atoms with E-state index in [0.29, 0.717) is 5.92 Å². The highest BCUT2D eigenvalue weighted by molar-refractivity contribution is 5.81. The van der Waals surface area contributed by atoms with Crippen molar-refractivity contribution in [2.75, 3.05) is 6.61 Å². The predicted octanol–water partition coefficient (Wildman–Crippen LogP) is 5.34. The first kappa shape index (κ1) is 21.6. The average molecular weight is 430 g/mol. The van der Waals surface area contributed by atoms with Gasteiger partial charge in [-0.15, -0.1) is 0 Å². The molecule has 1 atom stereocenters. The number of benzene rings is 3. The van der Waals surface area contributed by atoms with Crippen LogP contribution in [0.4, 0.5) is 4.79 Å². The molecule has 32 heavy (non-hydrogen) atoms. The second-order valence-corrected chi connectivity index (χ2v) is 8.46. The molecule has 3 aromatic rings. The zero-order chi connectivity index (χ0) is 22.7. The van der Waals surface area contributed by atoms with Gasteiger partial charge in [0.15, 0.2) is 0 Å². The second-order valence-electron chi connectivity index (χ2n) is 8.46. The first-order valence-electron chi connectivity index (χ1n) is 10.9. The molecule has 3 aromatic carbocycles. The number of carboxylic acid groups (broad SMARTS) is 1. The molecule has 1 aliphatic carbocycles. The molecular weight excluding hydrogens is 402 g/mol.